The van der Waals surface area contributed by atoms with Crippen molar-refractivity contribution in [2.24, 2.45) is 0 Å². The van der Waals surface area contributed by atoms with Crippen LogP contribution in [0.15, 0.2) is 134 Å². The topological polar surface area (TPSA) is 61.8 Å². The Morgan fingerprint density at radius 3 is 1.22 bits per heavy atom. The number of hydrogen-bond acceptors (Lipinski definition) is 5. The van der Waals surface area contributed by atoms with Crippen molar-refractivity contribution in [3.8, 4) is 0 Å². The van der Waals surface area contributed by atoms with Gasteiger partial charge < -0.3 is 14.2 Å². The Bertz CT molecular complexity index is 1370. The molecule has 0 aromatic rings. The lowest BCUT2D eigenvalue weighted by Gasteiger charge is -2.18. The predicted octanol–water partition coefficient (Wildman–Crippen LogP) is 17.6. The molecule has 0 saturated heterocycles. The average Bonchev–Trinajstić information content (AvgIpc) is 3.30. The molecule has 0 N–H and O–H groups in total. The number of allylic oxidation sites excluding steroid dienone is 21. The lowest BCUT2D eigenvalue weighted by atomic mass is 10.1. The van der Waals surface area contributed by atoms with Gasteiger partial charge in [0, 0.05) is 13.0 Å². The summed E-state index contributed by atoms with van der Waals surface area (Å²) in [5.74, 6) is -0.588. The molecule has 0 aliphatic carbocycles. The number of carbonyl (C=O) groups is 2. The molecule has 1 unspecified atom stereocenters. The van der Waals surface area contributed by atoms with E-state index in [1.54, 1.807) is 0 Å². The molecule has 0 aromatic carbocycles. The summed E-state index contributed by atoms with van der Waals surface area (Å²) >= 11 is 0. The molecule has 0 saturated carbocycles. The largest absolute Gasteiger partial charge is 0.461 e. The molecule has 360 valence electrons. The Kier molecular flexibility index (Phi) is 50.1. The lowest BCUT2D eigenvalue weighted by Crippen LogP contribution is -2.30. The van der Waals surface area contributed by atoms with Crippen molar-refractivity contribution in [3.63, 3.8) is 0 Å². The summed E-state index contributed by atoms with van der Waals surface area (Å²) in [5.41, 5.74) is 0. The highest BCUT2D eigenvalue weighted by Gasteiger charge is 2.17. The molecule has 0 spiro atoms. The van der Waals surface area contributed by atoms with Crippen LogP contribution in [0.3, 0.4) is 0 Å². The zero-order valence-corrected chi connectivity index (χ0v) is 41.2. The van der Waals surface area contributed by atoms with Crippen LogP contribution in [0.4, 0.5) is 0 Å². The van der Waals surface area contributed by atoms with Gasteiger partial charge in [0.25, 0.3) is 0 Å². The van der Waals surface area contributed by atoms with Crippen molar-refractivity contribution < 1.29 is 23.8 Å². The van der Waals surface area contributed by atoms with Crippen LogP contribution in [0.25, 0.3) is 0 Å². The molecule has 5 nitrogen and oxygen atoms in total. The number of ether oxygens (including phenoxy) is 3. The molecule has 0 aliphatic heterocycles. The third-order valence-electron chi connectivity index (χ3n) is 10.2. The van der Waals surface area contributed by atoms with Crippen molar-refractivity contribution in [2.45, 2.75) is 207 Å². The molecule has 0 radical (unpaired) electrons. The van der Waals surface area contributed by atoms with Crippen LogP contribution in [-0.2, 0) is 23.8 Å². The molecule has 0 fully saturated rings. The Morgan fingerprint density at radius 2 is 0.750 bits per heavy atom. The van der Waals surface area contributed by atoms with Crippen LogP contribution in [0.5, 0.6) is 0 Å². The van der Waals surface area contributed by atoms with E-state index in [1.807, 2.05) is 12.2 Å². The molecule has 0 aromatic heterocycles. The molecular weight excluding hydrogens is 789 g/mol. The highest BCUT2D eigenvalue weighted by Crippen LogP contribution is 2.12. The van der Waals surface area contributed by atoms with Crippen molar-refractivity contribution in [1.29, 1.82) is 0 Å². The van der Waals surface area contributed by atoms with Gasteiger partial charge in [-0.1, -0.05) is 206 Å². The molecule has 1 atom stereocenters. The summed E-state index contributed by atoms with van der Waals surface area (Å²) < 4.78 is 17.2. The number of unbranched alkanes of at least 4 members (excludes halogenated alkanes) is 13. The maximum Gasteiger partial charge on any atom is 0.309 e. The third-order valence-corrected chi connectivity index (χ3v) is 10.2. The zero-order chi connectivity index (χ0) is 46.3. The van der Waals surface area contributed by atoms with E-state index in [1.165, 1.54) is 57.8 Å². The van der Waals surface area contributed by atoms with Crippen molar-refractivity contribution >= 4 is 11.9 Å². The first-order chi connectivity index (χ1) is 31.6. The SMILES string of the molecule is CC/C=C\C/C=C\C/C=C\C/C=C\C/C=C\CCCCOCC(COC(=O)C/C=C\C/C=C\C/C=C\C/C=C\C/C=C\CC)OC(=O)CCCCCCC/C=C\CCCCCCCC. The van der Waals surface area contributed by atoms with E-state index in [0.29, 0.717) is 13.0 Å². The fourth-order valence-electron chi connectivity index (χ4n) is 6.43. The van der Waals surface area contributed by atoms with Crippen LogP contribution in [0.2, 0.25) is 0 Å². The van der Waals surface area contributed by atoms with E-state index in [0.717, 1.165) is 109 Å². The van der Waals surface area contributed by atoms with E-state index < -0.39 is 6.10 Å². The summed E-state index contributed by atoms with van der Waals surface area (Å²) in [6.45, 7) is 7.36. The number of esters is 2. The molecule has 0 bridgehead atoms. The summed E-state index contributed by atoms with van der Waals surface area (Å²) in [6, 6.07) is 0. The smallest absolute Gasteiger partial charge is 0.309 e. The molecular formula is C59H94O5. The van der Waals surface area contributed by atoms with E-state index in [9.17, 15) is 9.59 Å². The fraction of sp³-hybridized carbons (Fsp3) is 0.593. The van der Waals surface area contributed by atoms with E-state index in [2.05, 4.69) is 142 Å². The normalized spacial score (nSPS) is 13.4. The Labute approximate surface area is 394 Å². The minimum Gasteiger partial charge on any atom is -0.461 e. The molecule has 0 aliphatic rings. The lowest BCUT2D eigenvalue weighted by molar-refractivity contribution is -0.162. The van der Waals surface area contributed by atoms with Gasteiger partial charge in [0.05, 0.1) is 13.0 Å². The summed E-state index contributed by atoms with van der Waals surface area (Å²) in [4.78, 5) is 25.3. The summed E-state index contributed by atoms with van der Waals surface area (Å²) in [5, 5.41) is 0. The van der Waals surface area contributed by atoms with Gasteiger partial charge in [0.1, 0.15) is 6.61 Å². The van der Waals surface area contributed by atoms with Gasteiger partial charge >= 0.3 is 11.9 Å². The van der Waals surface area contributed by atoms with Crippen LogP contribution >= 0.6 is 0 Å². The summed E-state index contributed by atoms with van der Waals surface area (Å²) in [6.07, 6.45) is 76.3. The van der Waals surface area contributed by atoms with Gasteiger partial charge in [0.2, 0.25) is 0 Å². The maximum atomic E-state index is 12.8. The van der Waals surface area contributed by atoms with Gasteiger partial charge in [-0.2, -0.15) is 0 Å². The Balaban J connectivity index is 4.52. The van der Waals surface area contributed by atoms with Crippen LogP contribution in [0, 0.1) is 0 Å². The van der Waals surface area contributed by atoms with Crippen molar-refractivity contribution in [1.82, 2.24) is 0 Å². The minimum atomic E-state index is -0.612. The van der Waals surface area contributed by atoms with Crippen molar-refractivity contribution in [2.75, 3.05) is 19.8 Å². The molecule has 0 rings (SSSR count). The van der Waals surface area contributed by atoms with Crippen LogP contribution < -0.4 is 0 Å². The van der Waals surface area contributed by atoms with E-state index >= 15 is 0 Å². The van der Waals surface area contributed by atoms with Crippen molar-refractivity contribution in [3.05, 3.63) is 134 Å². The van der Waals surface area contributed by atoms with E-state index in [4.69, 9.17) is 14.2 Å². The van der Waals surface area contributed by atoms with Gasteiger partial charge in [-0.25, -0.2) is 0 Å². The first-order valence-electron chi connectivity index (χ1n) is 25.7. The Hall–Kier alpha value is -3.96. The van der Waals surface area contributed by atoms with Crippen LogP contribution in [-0.4, -0.2) is 37.9 Å². The first kappa shape index (κ1) is 60.0. The van der Waals surface area contributed by atoms with Gasteiger partial charge in [-0.3, -0.25) is 9.59 Å². The maximum absolute atomic E-state index is 12.8. The second-order valence-electron chi connectivity index (χ2n) is 16.3. The number of rotatable bonds is 45. The minimum absolute atomic E-state index is 0.00168. The number of hydrogen-bond donors (Lipinski definition) is 0. The standard InChI is InChI=1S/C59H94O5/c1-4-7-10-13-16-19-22-25-28-29-30-33-36-39-42-45-48-51-54-62-55-57(64-59(61)53-50-47-44-41-38-35-32-27-24-21-18-15-12-9-6-3)56-63-58(60)52-49-46-43-40-37-34-31-26-23-20-17-14-11-8-5-2/h7-8,10-11,16-17,19-20,25-28,30-33,37,39-40,42,46,49,57H,4-6,9,12-15,18,21-24,29,34-36,38,41,43-45,47-48,50-56H2,1-3H3/b10-7-,11-8-,19-16-,20-17-,28-25-,31-26-,32-27-,33-30-,40-37-,42-39-,49-46-. The molecule has 0 heterocycles. The number of carbonyl (C=O) groups excluding carboxylic acids is 2. The summed E-state index contributed by atoms with van der Waals surface area (Å²) in [7, 11) is 0. The monoisotopic (exact) mass is 883 g/mol. The average molecular weight is 883 g/mol. The second kappa shape index (κ2) is 53.4. The fourth-order valence-corrected chi connectivity index (χ4v) is 6.43. The second-order valence-corrected chi connectivity index (χ2v) is 16.3. The highest BCUT2D eigenvalue weighted by atomic mass is 16.6. The molecule has 0 amide bonds. The zero-order valence-electron chi connectivity index (χ0n) is 41.2. The van der Waals surface area contributed by atoms with Gasteiger partial charge in [-0.05, 0) is 116 Å². The first-order valence-corrected chi connectivity index (χ1v) is 25.7. The Morgan fingerprint density at radius 1 is 0.375 bits per heavy atom. The predicted molar refractivity (Wildman–Crippen MR) is 278 cm³/mol. The van der Waals surface area contributed by atoms with E-state index in [-0.39, 0.29) is 31.6 Å². The third kappa shape index (κ3) is 50.7. The van der Waals surface area contributed by atoms with Gasteiger partial charge in [0.15, 0.2) is 6.10 Å². The molecule has 64 heavy (non-hydrogen) atoms. The highest BCUT2D eigenvalue weighted by molar-refractivity contribution is 5.71. The van der Waals surface area contributed by atoms with Crippen LogP contribution in [0.1, 0.15) is 201 Å². The quantitative estimate of drug-likeness (QED) is 0.0346. The molecule has 5 heteroatoms. The van der Waals surface area contributed by atoms with Gasteiger partial charge in [-0.15, -0.1) is 0 Å².